The van der Waals surface area contributed by atoms with E-state index in [1.54, 1.807) is 29.1 Å². The Morgan fingerprint density at radius 2 is 2.19 bits per heavy atom. The van der Waals surface area contributed by atoms with E-state index < -0.39 is 0 Å². The number of aromatic nitrogens is 2. The van der Waals surface area contributed by atoms with Crippen LogP contribution in [0.2, 0.25) is 0 Å². The fourth-order valence-corrected chi connectivity index (χ4v) is 5.95. The molecule has 0 bridgehead atoms. The third kappa shape index (κ3) is 4.55. The highest BCUT2D eigenvalue weighted by atomic mass is 32.2. The van der Waals surface area contributed by atoms with Gasteiger partial charge in [0, 0.05) is 17.5 Å². The fraction of sp³-hybridized carbons (Fsp3) is 0.348. The molecule has 0 saturated carbocycles. The molecule has 1 N–H and O–H groups in total. The lowest BCUT2D eigenvalue weighted by atomic mass is 10.1. The molecule has 1 aromatic carbocycles. The molecule has 0 spiro atoms. The standard InChI is InChI=1S/C23H25N3O3S2/c1-3-12-24-19(27)14-30-23-25-21-20(17-10-5-4-6-11-18(17)31-21)22(28)26(23)15-8-7-9-16(13-15)29-2/h3,7-9,13H,1,4-6,10-12,14H2,2H3,(H,24,27). The lowest BCUT2D eigenvalue weighted by Gasteiger charge is -2.13. The summed E-state index contributed by atoms with van der Waals surface area (Å²) in [5.74, 6) is 0.702. The Morgan fingerprint density at radius 3 is 3.00 bits per heavy atom. The van der Waals surface area contributed by atoms with Crippen LogP contribution in [-0.2, 0) is 17.6 Å². The van der Waals surface area contributed by atoms with Gasteiger partial charge in [0.05, 0.1) is 23.9 Å². The van der Waals surface area contributed by atoms with Crippen LogP contribution in [0.4, 0.5) is 0 Å². The van der Waals surface area contributed by atoms with Crippen LogP contribution in [0.25, 0.3) is 15.9 Å². The number of rotatable bonds is 7. The minimum atomic E-state index is -0.126. The summed E-state index contributed by atoms with van der Waals surface area (Å²) in [6.07, 6.45) is 6.99. The highest BCUT2D eigenvalue weighted by Gasteiger charge is 2.22. The van der Waals surface area contributed by atoms with Crippen LogP contribution in [0.15, 0.2) is 46.9 Å². The maximum atomic E-state index is 13.8. The molecule has 1 aliphatic rings. The summed E-state index contributed by atoms with van der Waals surface area (Å²) in [5, 5.41) is 4.01. The van der Waals surface area contributed by atoms with E-state index >= 15 is 0 Å². The van der Waals surface area contributed by atoms with Crippen molar-refractivity contribution in [3.63, 3.8) is 0 Å². The number of carbonyl (C=O) groups excluding carboxylic acids is 1. The van der Waals surface area contributed by atoms with E-state index in [1.165, 1.54) is 23.1 Å². The zero-order valence-electron chi connectivity index (χ0n) is 17.5. The first-order chi connectivity index (χ1) is 15.1. The number of ether oxygens (including phenoxy) is 1. The first kappa shape index (κ1) is 21.6. The van der Waals surface area contributed by atoms with Gasteiger partial charge in [0.15, 0.2) is 5.16 Å². The third-order valence-corrected chi connectivity index (χ3v) is 7.42. The van der Waals surface area contributed by atoms with E-state index in [0.29, 0.717) is 23.1 Å². The quantitative estimate of drug-likeness (QED) is 0.251. The number of aryl methyl sites for hydroxylation is 2. The number of amides is 1. The predicted molar refractivity (Wildman–Crippen MR) is 127 cm³/mol. The average molecular weight is 456 g/mol. The van der Waals surface area contributed by atoms with Crippen molar-refractivity contribution < 1.29 is 9.53 Å². The van der Waals surface area contributed by atoms with E-state index in [4.69, 9.17) is 9.72 Å². The molecule has 1 aliphatic carbocycles. The van der Waals surface area contributed by atoms with Gasteiger partial charge in [0.1, 0.15) is 10.6 Å². The SMILES string of the molecule is C=CCNC(=O)CSc1nc2sc3c(c2c(=O)n1-c1cccc(OC)c1)CCCCC3. The van der Waals surface area contributed by atoms with Crippen molar-refractivity contribution in [2.45, 2.75) is 37.3 Å². The van der Waals surface area contributed by atoms with Crippen molar-refractivity contribution in [2.24, 2.45) is 0 Å². The Labute approximate surface area is 189 Å². The van der Waals surface area contributed by atoms with E-state index in [1.807, 2.05) is 24.3 Å². The normalized spacial score (nSPS) is 13.5. The minimum absolute atomic E-state index is 0.0772. The molecule has 4 rings (SSSR count). The van der Waals surface area contributed by atoms with Crippen LogP contribution >= 0.6 is 23.1 Å². The monoisotopic (exact) mass is 455 g/mol. The van der Waals surface area contributed by atoms with Crippen molar-refractivity contribution >= 4 is 39.2 Å². The molecule has 1 amide bonds. The van der Waals surface area contributed by atoms with Gasteiger partial charge in [-0.1, -0.05) is 30.3 Å². The molecule has 6 nitrogen and oxygen atoms in total. The van der Waals surface area contributed by atoms with Gasteiger partial charge in [-0.3, -0.25) is 14.2 Å². The molecule has 8 heteroatoms. The van der Waals surface area contributed by atoms with E-state index in [2.05, 4.69) is 11.9 Å². The maximum Gasteiger partial charge on any atom is 0.267 e. The summed E-state index contributed by atoms with van der Waals surface area (Å²) >= 11 is 2.89. The van der Waals surface area contributed by atoms with E-state index in [9.17, 15) is 9.59 Å². The van der Waals surface area contributed by atoms with Crippen LogP contribution in [-0.4, -0.2) is 34.9 Å². The molecule has 31 heavy (non-hydrogen) atoms. The fourth-order valence-electron chi connectivity index (χ4n) is 3.80. The number of thioether (sulfide) groups is 1. The van der Waals surface area contributed by atoms with Gasteiger partial charge in [-0.25, -0.2) is 4.98 Å². The highest BCUT2D eigenvalue weighted by molar-refractivity contribution is 7.99. The Hall–Kier alpha value is -2.58. The van der Waals surface area contributed by atoms with Crippen molar-refractivity contribution in [3.05, 3.63) is 57.7 Å². The molecular weight excluding hydrogens is 430 g/mol. The number of fused-ring (bicyclic) bond motifs is 3. The molecular formula is C23H25N3O3S2. The van der Waals surface area contributed by atoms with Gasteiger partial charge in [-0.15, -0.1) is 17.9 Å². The first-order valence-corrected chi connectivity index (χ1v) is 12.1. The largest absolute Gasteiger partial charge is 0.497 e. The molecule has 0 saturated heterocycles. The zero-order chi connectivity index (χ0) is 21.8. The summed E-state index contributed by atoms with van der Waals surface area (Å²) in [6.45, 7) is 4.02. The summed E-state index contributed by atoms with van der Waals surface area (Å²) < 4.78 is 6.98. The minimum Gasteiger partial charge on any atom is -0.497 e. The lowest BCUT2D eigenvalue weighted by Crippen LogP contribution is -2.26. The molecule has 3 aromatic rings. The molecule has 2 aromatic heterocycles. The Morgan fingerprint density at radius 1 is 1.35 bits per heavy atom. The number of nitrogens with zero attached hydrogens (tertiary/aromatic N) is 2. The second-order valence-electron chi connectivity index (χ2n) is 7.36. The Kier molecular flexibility index (Phi) is 6.77. The summed E-state index contributed by atoms with van der Waals surface area (Å²) in [7, 11) is 1.60. The van der Waals surface area contributed by atoms with Crippen molar-refractivity contribution in [2.75, 3.05) is 19.4 Å². The van der Waals surface area contributed by atoms with Crippen LogP contribution in [0.1, 0.15) is 29.7 Å². The second-order valence-corrected chi connectivity index (χ2v) is 9.39. The number of thiophene rings is 1. The Balaban J connectivity index is 1.84. The predicted octanol–water partition coefficient (Wildman–Crippen LogP) is 4.12. The molecule has 0 radical (unpaired) electrons. The molecule has 2 heterocycles. The number of hydrogen-bond acceptors (Lipinski definition) is 6. The van der Waals surface area contributed by atoms with Crippen molar-refractivity contribution in [1.82, 2.24) is 14.9 Å². The number of nitrogens with one attached hydrogen (secondary N) is 1. The number of methoxy groups -OCH3 is 1. The Bertz CT molecular complexity index is 1180. The highest BCUT2D eigenvalue weighted by Crippen LogP contribution is 2.34. The average Bonchev–Trinajstić information content (AvgIpc) is 2.97. The summed E-state index contributed by atoms with van der Waals surface area (Å²) in [5.41, 5.74) is 1.76. The maximum absolute atomic E-state index is 13.8. The van der Waals surface area contributed by atoms with Gasteiger partial charge < -0.3 is 10.1 Å². The van der Waals surface area contributed by atoms with Crippen LogP contribution in [0.5, 0.6) is 5.75 Å². The molecule has 0 fully saturated rings. The smallest absolute Gasteiger partial charge is 0.267 e. The van der Waals surface area contributed by atoms with Gasteiger partial charge in [0.25, 0.3) is 5.56 Å². The van der Waals surface area contributed by atoms with Crippen LogP contribution in [0, 0.1) is 0 Å². The molecule has 162 valence electrons. The van der Waals surface area contributed by atoms with E-state index in [-0.39, 0.29) is 17.2 Å². The van der Waals surface area contributed by atoms with Crippen molar-refractivity contribution in [1.29, 1.82) is 0 Å². The molecule has 0 atom stereocenters. The summed E-state index contributed by atoms with van der Waals surface area (Å²) in [4.78, 5) is 32.8. The number of benzene rings is 1. The zero-order valence-corrected chi connectivity index (χ0v) is 19.1. The van der Waals surface area contributed by atoms with Gasteiger partial charge in [0.2, 0.25) is 5.91 Å². The molecule has 0 unspecified atom stereocenters. The van der Waals surface area contributed by atoms with Crippen molar-refractivity contribution in [3.8, 4) is 11.4 Å². The second kappa shape index (κ2) is 9.70. The van der Waals surface area contributed by atoms with Gasteiger partial charge in [-0.2, -0.15) is 0 Å². The summed E-state index contributed by atoms with van der Waals surface area (Å²) in [6, 6.07) is 7.38. The van der Waals surface area contributed by atoms with Gasteiger partial charge in [-0.05, 0) is 43.4 Å². The number of carbonyl (C=O) groups is 1. The van der Waals surface area contributed by atoms with E-state index in [0.717, 1.165) is 41.5 Å². The van der Waals surface area contributed by atoms with Crippen LogP contribution < -0.4 is 15.6 Å². The van der Waals surface area contributed by atoms with Crippen LogP contribution in [0.3, 0.4) is 0 Å². The first-order valence-electron chi connectivity index (χ1n) is 10.3. The topological polar surface area (TPSA) is 73.2 Å². The number of hydrogen-bond donors (Lipinski definition) is 1. The third-order valence-electron chi connectivity index (χ3n) is 5.30. The van der Waals surface area contributed by atoms with Gasteiger partial charge >= 0.3 is 0 Å². The molecule has 0 aliphatic heterocycles. The lowest BCUT2D eigenvalue weighted by molar-refractivity contribution is -0.118.